The Labute approximate surface area is 84.7 Å². The van der Waals surface area contributed by atoms with Gasteiger partial charge in [-0.2, -0.15) is 0 Å². The summed E-state index contributed by atoms with van der Waals surface area (Å²) in [7, 11) is 0. The number of rotatable bonds is 1. The molecule has 0 aromatic heterocycles. The van der Waals surface area contributed by atoms with Crippen LogP contribution in [-0.4, -0.2) is 16.6 Å². The van der Waals surface area contributed by atoms with E-state index in [1.54, 1.807) is 0 Å². The molecule has 0 radical (unpaired) electrons. The van der Waals surface area contributed by atoms with Gasteiger partial charge in [-0.3, -0.25) is 4.79 Å². The van der Waals surface area contributed by atoms with Crippen molar-refractivity contribution in [2.24, 2.45) is 11.1 Å². The third kappa shape index (κ3) is 1.54. The van der Waals surface area contributed by atoms with Crippen molar-refractivity contribution in [3.8, 4) is 0 Å². The highest BCUT2D eigenvalue weighted by Gasteiger charge is 2.45. The van der Waals surface area contributed by atoms with Crippen LogP contribution in [0.1, 0.15) is 51.4 Å². The Kier molecular flexibility index (Phi) is 2.30. The van der Waals surface area contributed by atoms with Gasteiger partial charge in [0.05, 0.1) is 0 Å². The Bertz CT molecular complexity index is 234. The van der Waals surface area contributed by atoms with E-state index in [0.29, 0.717) is 18.3 Å². The molecule has 0 heterocycles. The monoisotopic (exact) mass is 197 g/mol. The van der Waals surface area contributed by atoms with Crippen LogP contribution in [0, 0.1) is 5.41 Å². The molecule has 2 rings (SSSR count). The lowest BCUT2D eigenvalue weighted by molar-refractivity contribution is -0.145. The average Bonchev–Trinajstić information content (AvgIpc) is 2.60. The quantitative estimate of drug-likeness (QED) is 0.675. The van der Waals surface area contributed by atoms with Crippen molar-refractivity contribution < 1.29 is 9.90 Å². The van der Waals surface area contributed by atoms with E-state index in [2.05, 4.69) is 0 Å². The summed E-state index contributed by atoms with van der Waals surface area (Å²) in [5, 5.41) is 9.00. The van der Waals surface area contributed by atoms with Crippen molar-refractivity contribution in [1.82, 2.24) is 0 Å². The maximum absolute atomic E-state index is 11.0. The molecule has 3 N–H and O–H groups in total. The van der Waals surface area contributed by atoms with Crippen LogP contribution >= 0.6 is 0 Å². The van der Waals surface area contributed by atoms with Crippen LogP contribution in [0.4, 0.5) is 0 Å². The Balaban J connectivity index is 2.01. The molecule has 1 spiro atoms. The van der Waals surface area contributed by atoms with Gasteiger partial charge in [-0.15, -0.1) is 0 Å². The van der Waals surface area contributed by atoms with Gasteiger partial charge in [0, 0.05) is 0 Å². The fourth-order valence-corrected chi connectivity index (χ4v) is 3.07. The summed E-state index contributed by atoms with van der Waals surface area (Å²) in [5.41, 5.74) is 5.40. The van der Waals surface area contributed by atoms with E-state index >= 15 is 0 Å². The Morgan fingerprint density at radius 3 is 1.93 bits per heavy atom. The van der Waals surface area contributed by atoms with Crippen LogP contribution in [0.25, 0.3) is 0 Å². The minimum Gasteiger partial charge on any atom is -0.480 e. The summed E-state index contributed by atoms with van der Waals surface area (Å²) < 4.78 is 0. The molecular formula is C11H19NO2. The Hall–Kier alpha value is -0.570. The van der Waals surface area contributed by atoms with Crippen molar-refractivity contribution in [2.45, 2.75) is 56.9 Å². The van der Waals surface area contributed by atoms with Gasteiger partial charge in [-0.25, -0.2) is 0 Å². The number of nitrogens with two attached hydrogens (primary N) is 1. The molecule has 0 aromatic rings. The molecule has 0 unspecified atom stereocenters. The number of carbonyl (C=O) groups is 1. The fourth-order valence-electron chi connectivity index (χ4n) is 3.07. The fraction of sp³-hybridized carbons (Fsp3) is 0.909. The molecule has 0 bridgehead atoms. The largest absolute Gasteiger partial charge is 0.480 e. The van der Waals surface area contributed by atoms with Crippen molar-refractivity contribution in [3.63, 3.8) is 0 Å². The Morgan fingerprint density at radius 1 is 1.00 bits per heavy atom. The number of carboxylic acid groups (broad SMARTS) is 1. The normalized spacial score (nSPS) is 29.2. The van der Waals surface area contributed by atoms with Crippen molar-refractivity contribution in [2.75, 3.05) is 0 Å². The first-order valence-corrected chi connectivity index (χ1v) is 5.59. The molecular weight excluding hydrogens is 178 g/mol. The number of hydrogen-bond acceptors (Lipinski definition) is 2. The number of carboxylic acids is 1. The summed E-state index contributed by atoms with van der Waals surface area (Å²) in [6.07, 6.45) is 8.62. The van der Waals surface area contributed by atoms with E-state index in [1.165, 1.54) is 25.7 Å². The van der Waals surface area contributed by atoms with E-state index in [-0.39, 0.29) is 0 Å². The molecule has 2 aliphatic rings. The first kappa shape index (κ1) is 9.97. The van der Waals surface area contributed by atoms with Crippen LogP contribution in [0.3, 0.4) is 0 Å². The summed E-state index contributed by atoms with van der Waals surface area (Å²) in [6, 6.07) is 0. The molecule has 2 saturated carbocycles. The predicted molar refractivity (Wildman–Crippen MR) is 53.9 cm³/mol. The molecule has 0 aliphatic heterocycles. The second-order valence-corrected chi connectivity index (χ2v) is 5.17. The van der Waals surface area contributed by atoms with Gasteiger partial charge >= 0.3 is 5.97 Å². The molecule has 2 aliphatic carbocycles. The van der Waals surface area contributed by atoms with Gasteiger partial charge in [-0.1, -0.05) is 12.8 Å². The first-order valence-electron chi connectivity index (χ1n) is 5.59. The molecule has 0 amide bonds. The van der Waals surface area contributed by atoms with Crippen LogP contribution in [0.15, 0.2) is 0 Å². The van der Waals surface area contributed by atoms with Crippen LogP contribution in [0.5, 0.6) is 0 Å². The maximum Gasteiger partial charge on any atom is 0.323 e. The zero-order valence-electron chi connectivity index (χ0n) is 8.59. The summed E-state index contributed by atoms with van der Waals surface area (Å²) in [6.45, 7) is 0. The SMILES string of the molecule is NC1(C(=O)O)CCC2(CCCC2)CC1. The zero-order valence-corrected chi connectivity index (χ0v) is 8.59. The van der Waals surface area contributed by atoms with E-state index in [0.717, 1.165) is 12.8 Å². The molecule has 14 heavy (non-hydrogen) atoms. The topological polar surface area (TPSA) is 63.3 Å². The smallest absolute Gasteiger partial charge is 0.323 e. The van der Waals surface area contributed by atoms with Gasteiger partial charge in [0.25, 0.3) is 0 Å². The van der Waals surface area contributed by atoms with Gasteiger partial charge in [0.2, 0.25) is 0 Å². The van der Waals surface area contributed by atoms with Gasteiger partial charge < -0.3 is 10.8 Å². The third-order valence-corrected chi connectivity index (χ3v) is 4.29. The lowest BCUT2D eigenvalue weighted by Gasteiger charge is -2.40. The van der Waals surface area contributed by atoms with Crippen molar-refractivity contribution >= 4 is 5.97 Å². The molecule has 0 atom stereocenters. The average molecular weight is 197 g/mol. The van der Waals surface area contributed by atoms with Crippen LogP contribution in [0.2, 0.25) is 0 Å². The minimum absolute atomic E-state index is 0.471. The van der Waals surface area contributed by atoms with Crippen LogP contribution in [-0.2, 0) is 4.79 Å². The zero-order chi connectivity index (χ0) is 10.2. The Morgan fingerprint density at radius 2 is 1.50 bits per heavy atom. The van der Waals surface area contributed by atoms with Gasteiger partial charge in [-0.05, 0) is 43.9 Å². The first-order chi connectivity index (χ1) is 6.56. The predicted octanol–water partition coefficient (Wildman–Crippen LogP) is 1.90. The second kappa shape index (κ2) is 3.23. The lowest BCUT2D eigenvalue weighted by Crippen LogP contribution is -2.52. The standard InChI is InChI=1S/C11H19NO2/c12-11(9(13)14)7-5-10(6-8-11)3-1-2-4-10/h1-8,12H2,(H,13,14). The highest BCUT2D eigenvalue weighted by Crippen LogP contribution is 2.50. The third-order valence-electron chi connectivity index (χ3n) is 4.29. The molecule has 3 nitrogen and oxygen atoms in total. The van der Waals surface area contributed by atoms with E-state index in [1.807, 2.05) is 0 Å². The van der Waals surface area contributed by atoms with E-state index < -0.39 is 11.5 Å². The minimum atomic E-state index is -0.923. The maximum atomic E-state index is 11.0. The lowest BCUT2D eigenvalue weighted by atomic mass is 9.67. The van der Waals surface area contributed by atoms with Gasteiger partial charge in [0.15, 0.2) is 0 Å². The second-order valence-electron chi connectivity index (χ2n) is 5.17. The van der Waals surface area contributed by atoms with Crippen LogP contribution < -0.4 is 5.73 Å². The van der Waals surface area contributed by atoms with Crippen molar-refractivity contribution in [1.29, 1.82) is 0 Å². The highest BCUT2D eigenvalue weighted by molar-refractivity contribution is 5.78. The van der Waals surface area contributed by atoms with Crippen molar-refractivity contribution in [3.05, 3.63) is 0 Å². The number of hydrogen-bond donors (Lipinski definition) is 2. The molecule has 80 valence electrons. The molecule has 0 saturated heterocycles. The summed E-state index contributed by atoms with van der Waals surface area (Å²) >= 11 is 0. The van der Waals surface area contributed by atoms with Gasteiger partial charge in [0.1, 0.15) is 5.54 Å². The summed E-state index contributed by atoms with van der Waals surface area (Å²) in [4.78, 5) is 11.0. The molecule has 0 aromatic carbocycles. The number of aliphatic carboxylic acids is 1. The van der Waals surface area contributed by atoms with E-state index in [4.69, 9.17) is 10.8 Å². The molecule has 3 heteroatoms. The molecule has 2 fully saturated rings. The highest BCUT2D eigenvalue weighted by atomic mass is 16.4. The van der Waals surface area contributed by atoms with E-state index in [9.17, 15) is 4.79 Å². The summed E-state index contributed by atoms with van der Waals surface area (Å²) in [5.74, 6) is -0.814.